The molecule has 52 heavy (non-hydrogen) atoms. The van der Waals surface area contributed by atoms with E-state index >= 15 is 0 Å². The average Bonchev–Trinajstić information content (AvgIpc) is 3.70. The lowest BCUT2D eigenvalue weighted by molar-refractivity contribution is 0.663. The maximum Gasteiger partial charge on any atom is 0.145 e. The zero-order chi connectivity index (χ0) is 34.6. The third-order valence-corrected chi connectivity index (χ3v) is 11.5. The van der Waals surface area contributed by atoms with Crippen LogP contribution in [0.5, 0.6) is 0 Å². The van der Waals surface area contributed by atoms with Gasteiger partial charge in [-0.15, -0.1) is 0 Å². The van der Waals surface area contributed by atoms with Crippen LogP contribution in [0.3, 0.4) is 0 Å². The van der Waals surface area contributed by atoms with E-state index in [1.807, 2.05) is 0 Å². The molecular formula is C50H34N2. The number of hydrogen-bond donors (Lipinski definition) is 0. The first kappa shape index (κ1) is 29.2. The molecule has 0 spiro atoms. The van der Waals surface area contributed by atoms with Crippen molar-refractivity contribution < 1.29 is 0 Å². The highest BCUT2D eigenvalue weighted by Crippen LogP contribution is 2.52. The lowest BCUT2D eigenvalue weighted by atomic mass is 9.79. The standard InChI is InChI=1S/C50H34N2/c1-50(2)43-29-36(31-20-22-32(23-21-31)49-51-45-18-10-11-19-46(45)52(49)38-13-4-3-5-14-38)26-34-24-25-35-27-37(30-44(50)48(35)47(34)43)42-28-33-12-6-7-15-39(33)40-16-8-9-17-41(40)42/h3-30H,1-2H3. The average molecular weight is 663 g/mol. The van der Waals surface area contributed by atoms with Crippen LogP contribution >= 0.6 is 0 Å². The summed E-state index contributed by atoms with van der Waals surface area (Å²) in [4.78, 5) is 5.10. The number of imidazole rings is 1. The van der Waals surface area contributed by atoms with Crippen LogP contribution in [0.1, 0.15) is 25.0 Å². The monoisotopic (exact) mass is 662 g/mol. The van der Waals surface area contributed by atoms with E-state index in [4.69, 9.17) is 4.98 Å². The summed E-state index contributed by atoms with van der Waals surface area (Å²) in [5.41, 5.74) is 12.0. The number of benzene rings is 9. The smallest absolute Gasteiger partial charge is 0.145 e. The zero-order valence-electron chi connectivity index (χ0n) is 29.1. The molecule has 0 unspecified atom stereocenters. The Morgan fingerprint density at radius 3 is 1.81 bits per heavy atom. The topological polar surface area (TPSA) is 17.8 Å². The summed E-state index contributed by atoms with van der Waals surface area (Å²) < 4.78 is 2.26. The van der Waals surface area contributed by atoms with Gasteiger partial charge in [0.05, 0.1) is 11.0 Å². The second-order valence-electron chi connectivity index (χ2n) is 14.8. The molecule has 1 aliphatic carbocycles. The van der Waals surface area contributed by atoms with Crippen LogP contribution in [0.15, 0.2) is 170 Å². The molecule has 10 aromatic rings. The molecule has 2 nitrogen and oxygen atoms in total. The molecule has 0 amide bonds. The number of para-hydroxylation sites is 3. The first-order chi connectivity index (χ1) is 25.5. The minimum absolute atomic E-state index is 0.153. The molecular weight excluding hydrogens is 629 g/mol. The molecule has 11 rings (SSSR count). The molecule has 0 aliphatic heterocycles. The Kier molecular flexibility index (Phi) is 6.04. The van der Waals surface area contributed by atoms with Crippen molar-refractivity contribution in [1.29, 1.82) is 0 Å². The summed E-state index contributed by atoms with van der Waals surface area (Å²) in [7, 11) is 0. The van der Waals surface area contributed by atoms with E-state index in [0.717, 1.165) is 28.1 Å². The first-order valence-corrected chi connectivity index (χ1v) is 18.1. The molecule has 2 heteroatoms. The molecule has 0 atom stereocenters. The van der Waals surface area contributed by atoms with E-state index in [0.29, 0.717) is 0 Å². The lowest BCUT2D eigenvalue weighted by Gasteiger charge is -2.23. The highest BCUT2D eigenvalue weighted by atomic mass is 15.1. The molecule has 0 N–H and O–H groups in total. The van der Waals surface area contributed by atoms with E-state index in [1.165, 1.54) is 76.5 Å². The number of nitrogens with zero attached hydrogens (tertiary/aromatic N) is 2. The second kappa shape index (κ2) is 10.7. The fourth-order valence-corrected chi connectivity index (χ4v) is 8.95. The highest BCUT2D eigenvalue weighted by Gasteiger charge is 2.35. The third kappa shape index (κ3) is 4.15. The number of fused-ring (bicyclic) bond motifs is 4. The Balaban J connectivity index is 1.03. The van der Waals surface area contributed by atoms with E-state index in [1.54, 1.807) is 0 Å². The number of aromatic nitrogens is 2. The summed E-state index contributed by atoms with van der Waals surface area (Å²) in [5.74, 6) is 0.949. The Bertz CT molecular complexity index is 3070. The maximum atomic E-state index is 5.10. The highest BCUT2D eigenvalue weighted by molar-refractivity contribution is 6.18. The lowest BCUT2D eigenvalue weighted by Crippen LogP contribution is -2.15. The minimum Gasteiger partial charge on any atom is -0.292 e. The van der Waals surface area contributed by atoms with Gasteiger partial charge in [0.15, 0.2) is 0 Å². The molecule has 244 valence electrons. The fraction of sp³-hybridized carbons (Fsp3) is 0.0600. The van der Waals surface area contributed by atoms with Crippen molar-refractivity contribution in [2.24, 2.45) is 0 Å². The molecule has 0 bridgehead atoms. The predicted octanol–water partition coefficient (Wildman–Crippen LogP) is 13.3. The summed E-state index contributed by atoms with van der Waals surface area (Å²) in [6.07, 6.45) is 0. The quantitative estimate of drug-likeness (QED) is 0.172. The zero-order valence-corrected chi connectivity index (χ0v) is 29.1. The second-order valence-corrected chi connectivity index (χ2v) is 14.8. The largest absolute Gasteiger partial charge is 0.292 e. The van der Waals surface area contributed by atoms with Gasteiger partial charge in [0.1, 0.15) is 5.82 Å². The molecule has 1 aromatic heterocycles. The molecule has 9 aromatic carbocycles. The Morgan fingerprint density at radius 2 is 1.04 bits per heavy atom. The first-order valence-electron chi connectivity index (χ1n) is 18.1. The van der Waals surface area contributed by atoms with Crippen LogP contribution in [0.4, 0.5) is 0 Å². The van der Waals surface area contributed by atoms with E-state index in [9.17, 15) is 0 Å². The van der Waals surface area contributed by atoms with Crippen LogP contribution in [-0.4, -0.2) is 9.55 Å². The predicted molar refractivity (Wildman–Crippen MR) is 220 cm³/mol. The van der Waals surface area contributed by atoms with Gasteiger partial charge in [0.2, 0.25) is 0 Å². The van der Waals surface area contributed by atoms with E-state index in [2.05, 4.69) is 188 Å². The summed E-state index contributed by atoms with van der Waals surface area (Å²) in [6, 6.07) is 62.2. The summed E-state index contributed by atoms with van der Waals surface area (Å²) in [5, 5.41) is 10.6. The van der Waals surface area contributed by atoms with E-state index < -0.39 is 0 Å². The van der Waals surface area contributed by atoms with Crippen molar-refractivity contribution in [2.45, 2.75) is 19.3 Å². The van der Waals surface area contributed by atoms with Crippen molar-refractivity contribution in [3.63, 3.8) is 0 Å². The normalized spacial score (nSPS) is 13.3. The number of rotatable bonds is 4. The van der Waals surface area contributed by atoms with Crippen LogP contribution in [0.25, 0.3) is 93.5 Å². The van der Waals surface area contributed by atoms with Crippen molar-refractivity contribution in [3.05, 3.63) is 181 Å². The number of hydrogen-bond acceptors (Lipinski definition) is 1. The van der Waals surface area contributed by atoms with Gasteiger partial charge in [-0.2, -0.15) is 0 Å². The molecule has 0 fully saturated rings. The summed E-state index contributed by atoms with van der Waals surface area (Å²) in [6.45, 7) is 4.81. The van der Waals surface area contributed by atoms with Crippen molar-refractivity contribution in [3.8, 4) is 39.3 Å². The van der Waals surface area contributed by atoms with Crippen LogP contribution in [0.2, 0.25) is 0 Å². The van der Waals surface area contributed by atoms with E-state index in [-0.39, 0.29) is 5.41 Å². The molecule has 0 saturated heterocycles. The van der Waals surface area contributed by atoms with Gasteiger partial charge in [-0.05, 0) is 131 Å². The van der Waals surface area contributed by atoms with Gasteiger partial charge in [0, 0.05) is 16.7 Å². The Morgan fingerprint density at radius 1 is 0.442 bits per heavy atom. The summed E-state index contributed by atoms with van der Waals surface area (Å²) >= 11 is 0. The van der Waals surface area contributed by atoms with Gasteiger partial charge < -0.3 is 0 Å². The maximum absolute atomic E-state index is 5.10. The minimum atomic E-state index is -0.153. The van der Waals surface area contributed by atoms with Crippen LogP contribution in [0, 0.1) is 0 Å². The molecule has 0 radical (unpaired) electrons. The molecule has 0 saturated carbocycles. The molecule has 1 aliphatic rings. The third-order valence-electron chi connectivity index (χ3n) is 11.5. The Labute approximate surface area is 302 Å². The van der Waals surface area contributed by atoms with Crippen LogP contribution in [-0.2, 0) is 5.41 Å². The Hall–Kier alpha value is -6.51. The van der Waals surface area contributed by atoms with Gasteiger partial charge in [-0.25, -0.2) is 4.98 Å². The SMILES string of the molecule is CC1(C)c2cc(-c3ccc(-c4nc5ccccc5n4-c4ccccc4)cc3)cc3ccc4cc(-c5cc6ccccc6c6ccccc56)cc1c4c23. The van der Waals surface area contributed by atoms with Crippen molar-refractivity contribution >= 4 is 54.1 Å². The van der Waals surface area contributed by atoms with Gasteiger partial charge in [-0.1, -0.05) is 129 Å². The van der Waals surface area contributed by atoms with Gasteiger partial charge in [-0.3, -0.25) is 4.57 Å². The fourth-order valence-electron chi connectivity index (χ4n) is 8.95. The van der Waals surface area contributed by atoms with Gasteiger partial charge >= 0.3 is 0 Å². The van der Waals surface area contributed by atoms with Crippen molar-refractivity contribution in [2.75, 3.05) is 0 Å². The van der Waals surface area contributed by atoms with Gasteiger partial charge in [0.25, 0.3) is 0 Å². The van der Waals surface area contributed by atoms with Crippen molar-refractivity contribution in [1.82, 2.24) is 9.55 Å². The van der Waals surface area contributed by atoms with Crippen LogP contribution < -0.4 is 0 Å². The molecule has 1 heterocycles.